The van der Waals surface area contributed by atoms with Crippen molar-refractivity contribution >= 4 is 0 Å². The Balaban J connectivity index is 1.65. The summed E-state index contributed by atoms with van der Waals surface area (Å²) in [5.74, 6) is -1.74. The van der Waals surface area contributed by atoms with Crippen LogP contribution >= 0.6 is 0 Å². The van der Waals surface area contributed by atoms with E-state index in [1.807, 2.05) is 12.1 Å². The van der Waals surface area contributed by atoms with Gasteiger partial charge in [-0.1, -0.05) is 44.7 Å². The summed E-state index contributed by atoms with van der Waals surface area (Å²) in [7, 11) is 0. The molecule has 1 unspecified atom stereocenters. The maximum atomic E-state index is 14.6. The molecular weight excluding hydrogens is 333 g/mol. The molecule has 0 heterocycles. The van der Waals surface area contributed by atoms with Crippen LogP contribution < -0.4 is 0 Å². The first kappa shape index (κ1) is 19.0. The van der Waals surface area contributed by atoms with E-state index in [4.69, 9.17) is 0 Å². The summed E-state index contributed by atoms with van der Waals surface area (Å²) in [4.78, 5) is 0. The van der Waals surface area contributed by atoms with Gasteiger partial charge in [-0.3, -0.25) is 0 Å². The van der Waals surface area contributed by atoms with Crippen molar-refractivity contribution in [3.63, 3.8) is 0 Å². The lowest BCUT2D eigenvalue weighted by Gasteiger charge is -2.25. The molecule has 26 heavy (non-hydrogen) atoms. The van der Waals surface area contributed by atoms with Gasteiger partial charge in [-0.15, -0.1) is 0 Å². The molecule has 0 nitrogen and oxygen atoms in total. The number of hydrogen-bond acceptors (Lipinski definition) is 0. The number of halogens is 3. The summed E-state index contributed by atoms with van der Waals surface area (Å²) in [6.45, 7) is 2.20. The number of aryl methyl sites for hydroxylation is 2. The number of hydrogen-bond donors (Lipinski definition) is 0. The first-order valence-corrected chi connectivity index (χ1v) is 9.83. The van der Waals surface area contributed by atoms with Crippen molar-refractivity contribution in [2.75, 3.05) is 0 Å². The second-order valence-electron chi connectivity index (χ2n) is 7.49. The highest BCUT2D eigenvalue weighted by molar-refractivity contribution is 5.36. The van der Waals surface area contributed by atoms with Crippen molar-refractivity contribution in [3.8, 4) is 0 Å². The molecule has 140 valence electrons. The van der Waals surface area contributed by atoms with Gasteiger partial charge in [0.2, 0.25) is 0 Å². The van der Waals surface area contributed by atoms with Gasteiger partial charge >= 0.3 is 0 Å². The first-order chi connectivity index (χ1) is 12.6. The minimum absolute atomic E-state index is 0.0333. The number of benzene rings is 2. The fraction of sp³-hybridized carbons (Fsp3) is 0.478. The molecule has 0 spiro atoms. The zero-order chi connectivity index (χ0) is 18.5. The molecule has 2 aromatic carbocycles. The predicted molar refractivity (Wildman–Crippen MR) is 100.0 cm³/mol. The zero-order valence-electron chi connectivity index (χ0n) is 15.5. The Morgan fingerprint density at radius 2 is 1.58 bits per heavy atom. The lowest BCUT2D eigenvalue weighted by atomic mass is 9.79. The Morgan fingerprint density at radius 3 is 2.31 bits per heavy atom. The molecule has 0 bridgehead atoms. The predicted octanol–water partition coefficient (Wildman–Crippen LogP) is 6.89. The second kappa shape index (κ2) is 8.75. The van der Waals surface area contributed by atoms with E-state index in [1.54, 1.807) is 6.07 Å². The van der Waals surface area contributed by atoms with Crippen LogP contribution in [-0.2, 0) is 19.3 Å². The van der Waals surface area contributed by atoms with Crippen molar-refractivity contribution in [2.24, 2.45) is 0 Å². The molecule has 0 saturated heterocycles. The molecule has 0 fully saturated rings. The molecule has 0 aromatic heterocycles. The van der Waals surface area contributed by atoms with E-state index in [1.165, 1.54) is 37.8 Å². The van der Waals surface area contributed by atoms with Gasteiger partial charge in [0.1, 0.15) is 5.82 Å². The SMILES string of the molecule is CCCCCCCc1ccc(C2CCc3cc(F)c(F)cc3C2)c(F)c1. The average Bonchev–Trinajstić information content (AvgIpc) is 2.62. The molecule has 3 heteroatoms. The maximum Gasteiger partial charge on any atom is 0.159 e. The normalized spacial score (nSPS) is 16.5. The van der Waals surface area contributed by atoms with Gasteiger partial charge in [0, 0.05) is 0 Å². The molecule has 0 amide bonds. The number of rotatable bonds is 7. The molecule has 0 radical (unpaired) electrons. The summed E-state index contributed by atoms with van der Waals surface area (Å²) in [5, 5.41) is 0. The third-order valence-corrected chi connectivity index (χ3v) is 5.54. The van der Waals surface area contributed by atoms with Crippen molar-refractivity contribution in [3.05, 3.63) is 70.0 Å². The highest BCUT2D eigenvalue weighted by Crippen LogP contribution is 2.35. The Bertz CT molecular complexity index is 751. The standard InChI is InChI=1S/C23H27F3/c1-2-3-4-5-6-7-16-8-11-20(21(24)12-16)18-10-9-17-14-22(25)23(26)15-19(17)13-18/h8,11-12,14-15,18H,2-7,9-10,13H2,1H3. The Labute approximate surface area is 154 Å². The van der Waals surface area contributed by atoms with Crippen LogP contribution in [0.4, 0.5) is 13.2 Å². The summed E-state index contributed by atoms with van der Waals surface area (Å²) < 4.78 is 41.5. The van der Waals surface area contributed by atoms with Crippen LogP contribution in [0.3, 0.4) is 0 Å². The van der Waals surface area contributed by atoms with Gasteiger partial charge < -0.3 is 0 Å². The van der Waals surface area contributed by atoms with E-state index >= 15 is 0 Å². The first-order valence-electron chi connectivity index (χ1n) is 9.83. The molecule has 2 aromatic rings. The van der Waals surface area contributed by atoms with E-state index in [9.17, 15) is 13.2 Å². The van der Waals surface area contributed by atoms with E-state index in [2.05, 4.69) is 6.92 Å². The highest BCUT2D eigenvalue weighted by atomic mass is 19.2. The third kappa shape index (κ3) is 4.49. The largest absolute Gasteiger partial charge is 0.207 e. The van der Waals surface area contributed by atoms with Crippen molar-refractivity contribution in [2.45, 2.75) is 70.6 Å². The third-order valence-electron chi connectivity index (χ3n) is 5.54. The topological polar surface area (TPSA) is 0 Å². The van der Waals surface area contributed by atoms with Crippen molar-refractivity contribution in [1.29, 1.82) is 0 Å². The van der Waals surface area contributed by atoms with E-state index < -0.39 is 11.6 Å². The van der Waals surface area contributed by atoms with Crippen LogP contribution in [0.5, 0.6) is 0 Å². The zero-order valence-corrected chi connectivity index (χ0v) is 15.5. The quantitative estimate of drug-likeness (QED) is 0.472. The molecule has 0 N–H and O–H groups in total. The summed E-state index contributed by atoms with van der Waals surface area (Å²) >= 11 is 0. The smallest absolute Gasteiger partial charge is 0.159 e. The molecule has 1 aliphatic rings. The van der Waals surface area contributed by atoms with Crippen LogP contribution in [0.2, 0.25) is 0 Å². The maximum absolute atomic E-state index is 14.6. The van der Waals surface area contributed by atoms with Crippen molar-refractivity contribution in [1.82, 2.24) is 0 Å². The van der Waals surface area contributed by atoms with Crippen LogP contribution in [0.25, 0.3) is 0 Å². The van der Waals surface area contributed by atoms with Gasteiger partial charge in [0.25, 0.3) is 0 Å². The number of unbranched alkanes of at least 4 members (excludes halogenated alkanes) is 4. The fourth-order valence-corrected chi connectivity index (χ4v) is 4.00. The highest BCUT2D eigenvalue weighted by Gasteiger charge is 2.24. The van der Waals surface area contributed by atoms with Crippen LogP contribution in [-0.4, -0.2) is 0 Å². The lowest BCUT2D eigenvalue weighted by Crippen LogP contribution is -2.15. The van der Waals surface area contributed by atoms with Gasteiger partial charge in [-0.05, 0) is 78.5 Å². The van der Waals surface area contributed by atoms with E-state index in [-0.39, 0.29) is 11.7 Å². The number of fused-ring (bicyclic) bond motifs is 1. The van der Waals surface area contributed by atoms with Gasteiger partial charge in [-0.25, -0.2) is 13.2 Å². The minimum Gasteiger partial charge on any atom is -0.207 e. The second-order valence-corrected chi connectivity index (χ2v) is 7.49. The van der Waals surface area contributed by atoms with Crippen LogP contribution in [0, 0.1) is 17.5 Å². The van der Waals surface area contributed by atoms with E-state index in [0.717, 1.165) is 36.0 Å². The molecular formula is C23H27F3. The molecule has 3 rings (SSSR count). The Morgan fingerprint density at radius 1 is 0.846 bits per heavy atom. The lowest BCUT2D eigenvalue weighted by molar-refractivity contribution is 0.492. The van der Waals surface area contributed by atoms with Gasteiger partial charge in [0.05, 0.1) is 0 Å². The summed E-state index contributed by atoms with van der Waals surface area (Å²) in [5.41, 5.74) is 3.41. The fourth-order valence-electron chi connectivity index (χ4n) is 4.00. The monoisotopic (exact) mass is 360 g/mol. The Kier molecular flexibility index (Phi) is 6.39. The Hall–Kier alpha value is -1.77. The molecule has 0 saturated carbocycles. The van der Waals surface area contributed by atoms with Crippen LogP contribution in [0.1, 0.15) is 73.6 Å². The summed E-state index contributed by atoms with van der Waals surface area (Å²) in [6, 6.07) is 8.15. The molecule has 1 aliphatic carbocycles. The average molecular weight is 360 g/mol. The van der Waals surface area contributed by atoms with Crippen LogP contribution in [0.15, 0.2) is 30.3 Å². The molecule has 1 atom stereocenters. The minimum atomic E-state index is -0.816. The van der Waals surface area contributed by atoms with E-state index in [0.29, 0.717) is 18.4 Å². The summed E-state index contributed by atoms with van der Waals surface area (Å²) in [6.07, 6.45) is 8.94. The van der Waals surface area contributed by atoms with Crippen molar-refractivity contribution < 1.29 is 13.2 Å². The molecule has 0 aliphatic heterocycles. The van der Waals surface area contributed by atoms with Gasteiger partial charge in [0.15, 0.2) is 11.6 Å². The van der Waals surface area contributed by atoms with Gasteiger partial charge in [-0.2, -0.15) is 0 Å².